The van der Waals surface area contributed by atoms with Gasteiger partial charge in [0.1, 0.15) is 0 Å². The normalized spacial score (nSPS) is 13.7. The Labute approximate surface area is 106 Å². The molecule has 0 aliphatic carbocycles. The van der Waals surface area contributed by atoms with E-state index in [2.05, 4.69) is 25.1 Å². The molecule has 1 atom stereocenters. The van der Waals surface area contributed by atoms with E-state index in [1.54, 1.807) is 0 Å². The zero-order valence-electron chi connectivity index (χ0n) is 11.6. The van der Waals surface area contributed by atoms with Crippen LogP contribution < -0.4 is 5.32 Å². The Bertz CT molecular complexity index is 231. The Morgan fingerprint density at radius 1 is 1.41 bits per heavy atom. The zero-order valence-corrected chi connectivity index (χ0v) is 11.6. The summed E-state index contributed by atoms with van der Waals surface area (Å²) >= 11 is 0. The molecule has 0 saturated carbocycles. The van der Waals surface area contributed by atoms with Crippen LogP contribution in [0.15, 0.2) is 0 Å². The predicted molar refractivity (Wildman–Crippen MR) is 71.8 cm³/mol. The van der Waals surface area contributed by atoms with Gasteiger partial charge >= 0.3 is 0 Å². The molecule has 0 spiro atoms. The summed E-state index contributed by atoms with van der Waals surface area (Å²) in [5.41, 5.74) is -0.376. The second kappa shape index (κ2) is 8.52. The lowest BCUT2D eigenvalue weighted by molar-refractivity contribution is 0.0328. The van der Waals surface area contributed by atoms with Gasteiger partial charge in [-0.3, -0.25) is 5.32 Å². The van der Waals surface area contributed by atoms with Crippen molar-refractivity contribution in [1.82, 2.24) is 5.32 Å². The SMILES string of the molecule is C#CC(C)(C)NCC(O)COCCCC(C)C. The Morgan fingerprint density at radius 3 is 2.59 bits per heavy atom. The molecule has 3 heteroatoms. The summed E-state index contributed by atoms with van der Waals surface area (Å²) in [5, 5.41) is 12.8. The number of terminal acetylenes is 1. The monoisotopic (exact) mass is 241 g/mol. The van der Waals surface area contributed by atoms with Crippen LogP contribution in [0.3, 0.4) is 0 Å². The number of rotatable bonds is 9. The quantitative estimate of drug-likeness (QED) is 0.478. The Kier molecular flexibility index (Phi) is 8.24. The highest BCUT2D eigenvalue weighted by atomic mass is 16.5. The van der Waals surface area contributed by atoms with E-state index in [0.717, 1.165) is 6.42 Å². The lowest BCUT2D eigenvalue weighted by atomic mass is 10.1. The van der Waals surface area contributed by atoms with Crippen LogP contribution in [0.25, 0.3) is 0 Å². The molecule has 0 amide bonds. The first kappa shape index (κ1) is 16.4. The highest BCUT2D eigenvalue weighted by Gasteiger charge is 2.14. The Morgan fingerprint density at radius 2 is 2.06 bits per heavy atom. The van der Waals surface area contributed by atoms with Gasteiger partial charge in [0.15, 0.2) is 0 Å². The van der Waals surface area contributed by atoms with Crippen molar-refractivity contribution >= 4 is 0 Å². The average molecular weight is 241 g/mol. The van der Waals surface area contributed by atoms with Crippen molar-refractivity contribution in [3.8, 4) is 12.3 Å². The summed E-state index contributed by atoms with van der Waals surface area (Å²) in [5.74, 6) is 3.33. The lowest BCUT2D eigenvalue weighted by Gasteiger charge is -2.22. The largest absolute Gasteiger partial charge is 0.389 e. The fourth-order valence-electron chi connectivity index (χ4n) is 1.30. The van der Waals surface area contributed by atoms with Gasteiger partial charge in [-0.05, 0) is 32.6 Å². The van der Waals surface area contributed by atoms with E-state index >= 15 is 0 Å². The second-order valence-corrected chi connectivity index (χ2v) is 5.42. The maximum absolute atomic E-state index is 9.66. The topological polar surface area (TPSA) is 41.5 Å². The third-order valence-electron chi connectivity index (χ3n) is 2.52. The first-order valence-corrected chi connectivity index (χ1v) is 6.36. The molecule has 0 aromatic heterocycles. The van der Waals surface area contributed by atoms with Gasteiger partial charge in [-0.1, -0.05) is 19.8 Å². The molecule has 0 aliphatic heterocycles. The van der Waals surface area contributed by atoms with Gasteiger partial charge < -0.3 is 9.84 Å². The molecule has 100 valence electrons. The molecule has 0 heterocycles. The maximum atomic E-state index is 9.66. The van der Waals surface area contributed by atoms with Crippen molar-refractivity contribution in [2.24, 2.45) is 5.92 Å². The fraction of sp³-hybridized carbons (Fsp3) is 0.857. The van der Waals surface area contributed by atoms with E-state index in [1.165, 1.54) is 6.42 Å². The van der Waals surface area contributed by atoms with Gasteiger partial charge in [0.25, 0.3) is 0 Å². The van der Waals surface area contributed by atoms with Gasteiger partial charge in [-0.15, -0.1) is 6.42 Å². The minimum Gasteiger partial charge on any atom is -0.389 e. The number of aliphatic hydroxyl groups excluding tert-OH is 1. The van der Waals surface area contributed by atoms with Crippen LogP contribution in [-0.4, -0.2) is 36.5 Å². The van der Waals surface area contributed by atoms with Gasteiger partial charge in [0, 0.05) is 13.2 Å². The summed E-state index contributed by atoms with van der Waals surface area (Å²) in [7, 11) is 0. The molecular formula is C14H27NO2. The number of β-amino-alcohol motifs (C(OH)–C–C–N with tert-alkyl or cyclic N) is 1. The molecule has 17 heavy (non-hydrogen) atoms. The molecule has 0 bridgehead atoms. The highest BCUT2D eigenvalue weighted by molar-refractivity contribution is 5.07. The molecule has 2 N–H and O–H groups in total. The Balaban J connectivity index is 3.48. The maximum Gasteiger partial charge on any atom is 0.0898 e. The van der Waals surface area contributed by atoms with Gasteiger partial charge in [-0.2, -0.15) is 0 Å². The summed E-state index contributed by atoms with van der Waals surface area (Å²) in [4.78, 5) is 0. The zero-order chi connectivity index (χ0) is 13.3. The smallest absolute Gasteiger partial charge is 0.0898 e. The number of nitrogens with one attached hydrogen (secondary N) is 1. The van der Waals surface area contributed by atoms with Crippen LogP contribution >= 0.6 is 0 Å². The van der Waals surface area contributed by atoms with E-state index in [4.69, 9.17) is 11.2 Å². The van der Waals surface area contributed by atoms with Crippen molar-refractivity contribution in [3.05, 3.63) is 0 Å². The molecule has 3 nitrogen and oxygen atoms in total. The lowest BCUT2D eigenvalue weighted by Crippen LogP contribution is -2.43. The number of aliphatic hydroxyl groups is 1. The van der Waals surface area contributed by atoms with E-state index < -0.39 is 6.10 Å². The first-order valence-electron chi connectivity index (χ1n) is 6.36. The van der Waals surface area contributed by atoms with Crippen LogP contribution in [-0.2, 0) is 4.74 Å². The van der Waals surface area contributed by atoms with Crippen molar-refractivity contribution in [1.29, 1.82) is 0 Å². The summed E-state index contributed by atoms with van der Waals surface area (Å²) in [6.45, 7) is 9.74. The summed E-state index contributed by atoms with van der Waals surface area (Å²) in [6.07, 6.45) is 7.05. The first-order chi connectivity index (χ1) is 7.87. The molecule has 0 aromatic carbocycles. The third-order valence-corrected chi connectivity index (χ3v) is 2.52. The van der Waals surface area contributed by atoms with Crippen LogP contribution in [0.5, 0.6) is 0 Å². The molecule has 0 fully saturated rings. The minimum absolute atomic E-state index is 0.367. The number of hydrogen-bond donors (Lipinski definition) is 2. The molecule has 0 aliphatic rings. The van der Waals surface area contributed by atoms with Crippen LogP contribution in [0.4, 0.5) is 0 Å². The molecular weight excluding hydrogens is 214 g/mol. The van der Waals surface area contributed by atoms with E-state index in [-0.39, 0.29) is 5.54 Å². The molecule has 0 aromatic rings. The highest BCUT2D eigenvalue weighted by Crippen LogP contribution is 2.03. The van der Waals surface area contributed by atoms with Crippen molar-refractivity contribution in [3.63, 3.8) is 0 Å². The molecule has 0 radical (unpaired) electrons. The van der Waals surface area contributed by atoms with Gasteiger partial charge in [0.2, 0.25) is 0 Å². The van der Waals surface area contributed by atoms with Crippen LogP contribution in [0, 0.1) is 18.3 Å². The van der Waals surface area contributed by atoms with Crippen LogP contribution in [0.2, 0.25) is 0 Å². The standard InChI is InChI=1S/C14H27NO2/c1-6-14(4,5)15-10-13(16)11-17-9-7-8-12(2)3/h1,12-13,15-16H,7-11H2,2-5H3. The van der Waals surface area contributed by atoms with E-state index in [9.17, 15) is 5.11 Å². The van der Waals surface area contributed by atoms with E-state index in [0.29, 0.717) is 25.7 Å². The predicted octanol–water partition coefficient (Wildman–Crippen LogP) is 1.80. The summed E-state index contributed by atoms with van der Waals surface area (Å²) < 4.78 is 5.40. The molecule has 0 rings (SSSR count). The van der Waals surface area contributed by atoms with E-state index in [1.807, 2.05) is 13.8 Å². The second-order valence-electron chi connectivity index (χ2n) is 5.42. The number of ether oxygens (including phenoxy) is 1. The summed E-state index contributed by atoms with van der Waals surface area (Å²) in [6, 6.07) is 0. The van der Waals surface area contributed by atoms with Gasteiger partial charge in [-0.25, -0.2) is 0 Å². The third kappa shape index (κ3) is 10.3. The van der Waals surface area contributed by atoms with Crippen molar-refractivity contribution < 1.29 is 9.84 Å². The van der Waals surface area contributed by atoms with Crippen molar-refractivity contribution in [2.45, 2.75) is 52.2 Å². The number of hydrogen-bond acceptors (Lipinski definition) is 3. The fourth-order valence-corrected chi connectivity index (χ4v) is 1.30. The average Bonchev–Trinajstić information content (AvgIpc) is 2.26. The minimum atomic E-state index is -0.498. The molecule has 0 saturated heterocycles. The molecule has 1 unspecified atom stereocenters. The Hall–Kier alpha value is -0.560. The van der Waals surface area contributed by atoms with Crippen LogP contribution in [0.1, 0.15) is 40.5 Å². The van der Waals surface area contributed by atoms with Gasteiger partial charge in [0.05, 0.1) is 18.2 Å². The van der Waals surface area contributed by atoms with Crippen molar-refractivity contribution in [2.75, 3.05) is 19.8 Å².